The van der Waals surface area contributed by atoms with Crippen molar-refractivity contribution < 1.29 is 26.7 Å². The fraction of sp³-hybridized carbons (Fsp3) is 0.222. The van der Waals surface area contributed by atoms with Crippen molar-refractivity contribution in [3.63, 3.8) is 0 Å². The molecule has 0 bridgehead atoms. The number of ether oxygens (including phenoxy) is 2. The lowest BCUT2D eigenvalue weighted by atomic mass is 10.3. The standard InChI is InChI=1S/C18H14F2N4O4S/c1-3-29(25,26)17-15(22-14-6-4-5-7-24(14)17)16-21-10-8-12-13(9-11(10)23(16)2)28-18(19,20)27-12/h4-9H,3H2,1-2H3. The smallest absolute Gasteiger partial charge is 0.395 e. The van der Waals surface area contributed by atoms with Gasteiger partial charge in [0.2, 0.25) is 0 Å². The molecule has 0 radical (unpaired) electrons. The molecule has 0 atom stereocenters. The largest absolute Gasteiger partial charge is 0.586 e. The fourth-order valence-corrected chi connectivity index (χ4v) is 4.56. The van der Waals surface area contributed by atoms with Gasteiger partial charge in [0.1, 0.15) is 11.3 Å². The van der Waals surface area contributed by atoms with Gasteiger partial charge in [-0.05, 0) is 12.1 Å². The van der Waals surface area contributed by atoms with Gasteiger partial charge >= 0.3 is 6.29 Å². The lowest BCUT2D eigenvalue weighted by molar-refractivity contribution is -0.286. The van der Waals surface area contributed by atoms with E-state index in [-0.39, 0.29) is 33.8 Å². The summed E-state index contributed by atoms with van der Waals surface area (Å²) in [6.45, 7) is 1.55. The summed E-state index contributed by atoms with van der Waals surface area (Å²) in [7, 11) is -1.99. The van der Waals surface area contributed by atoms with Crippen LogP contribution in [0.4, 0.5) is 8.78 Å². The third kappa shape index (κ3) is 2.57. The van der Waals surface area contributed by atoms with Gasteiger partial charge in [0.25, 0.3) is 0 Å². The Morgan fingerprint density at radius 2 is 1.86 bits per heavy atom. The van der Waals surface area contributed by atoms with E-state index in [1.165, 1.54) is 16.5 Å². The molecular formula is C18H14F2N4O4S. The van der Waals surface area contributed by atoms with Crippen molar-refractivity contribution in [2.75, 3.05) is 5.75 Å². The molecule has 8 nitrogen and oxygen atoms in total. The van der Waals surface area contributed by atoms with Crippen molar-refractivity contribution >= 4 is 26.5 Å². The quantitative estimate of drug-likeness (QED) is 0.506. The second-order valence-electron chi connectivity index (χ2n) is 6.55. The van der Waals surface area contributed by atoms with Crippen molar-refractivity contribution in [3.8, 4) is 23.0 Å². The van der Waals surface area contributed by atoms with Crippen LogP contribution in [0, 0.1) is 0 Å². The maximum Gasteiger partial charge on any atom is 0.586 e. The number of sulfone groups is 1. The molecule has 0 unspecified atom stereocenters. The number of aryl methyl sites for hydroxylation is 1. The average molecular weight is 420 g/mol. The fourth-order valence-electron chi connectivity index (χ4n) is 3.40. The van der Waals surface area contributed by atoms with E-state index in [0.717, 1.165) is 0 Å². The molecule has 0 spiro atoms. The summed E-state index contributed by atoms with van der Waals surface area (Å²) in [5, 5.41) is 0.0283. The zero-order chi connectivity index (χ0) is 20.6. The van der Waals surface area contributed by atoms with Crippen LogP contribution in [0.2, 0.25) is 0 Å². The van der Waals surface area contributed by atoms with Gasteiger partial charge in [-0.3, -0.25) is 4.40 Å². The van der Waals surface area contributed by atoms with Gasteiger partial charge in [-0.25, -0.2) is 18.4 Å². The molecule has 1 aromatic carbocycles. The molecule has 5 rings (SSSR count). The first-order valence-corrected chi connectivity index (χ1v) is 10.3. The summed E-state index contributed by atoms with van der Waals surface area (Å²) in [6.07, 6.45) is -2.11. The van der Waals surface area contributed by atoms with Crippen LogP contribution in [0.3, 0.4) is 0 Å². The van der Waals surface area contributed by atoms with E-state index < -0.39 is 16.1 Å². The number of hydrogen-bond donors (Lipinski definition) is 0. The van der Waals surface area contributed by atoms with Gasteiger partial charge in [0.15, 0.2) is 32.2 Å². The van der Waals surface area contributed by atoms with Crippen LogP contribution in [0.25, 0.3) is 28.2 Å². The number of hydrogen-bond acceptors (Lipinski definition) is 6. The number of fused-ring (bicyclic) bond motifs is 3. The molecule has 1 aliphatic rings. The molecule has 0 saturated heterocycles. The molecule has 29 heavy (non-hydrogen) atoms. The maximum absolute atomic E-state index is 13.3. The third-order valence-electron chi connectivity index (χ3n) is 4.78. The molecule has 4 aromatic rings. The topological polar surface area (TPSA) is 87.7 Å². The number of benzene rings is 1. The Bertz CT molecular complexity index is 1410. The predicted octanol–water partition coefficient (Wildman–Crippen LogP) is 3.00. The van der Waals surface area contributed by atoms with Crippen molar-refractivity contribution in [1.82, 2.24) is 18.9 Å². The second kappa shape index (κ2) is 5.66. The molecule has 150 valence electrons. The highest BCUT2D eigenvalue weighted by Crippen LogP contribution is 2.43. The van der Waals surface area contributed by atoms with E-state index in [0.29, 0.717) is 16.7 Å². The predicted molar refractivity (Wildman–Crippen MR) is 98.8 cm³/mol. The molecule has 0 amide bonds. The van der Waals surface area contributed by atoms with Crippen LogP contribution in [0.5, 0.6) is 11.5 Å². The first kappa shape index (κ1) is 17.9. The number of rotatable bonds is 3. The number of imidazole rings is 2. The summed E-state index contributed by atoms with van der Waals surface area (Å²) >= 11 is 0. The van der Waals surface area contributed by atoms with Crippen LogP contribution >= 0.6 is 0 Å². The molecule has 0 saturated carbocycles. The number of halogens is 2. The van der Waals surface area contributed by atoms with Crippen LogP contribution < -0.4 is 9.47 Å². The first-order chi connectivity index (χ1) is 13.7. The van der Waals surface area contributed by atoms with E-state index in [2.05, 4.69) is 19.4 Å². The van der Waals surface area contributed by atoms with Gasteiger partial charge in [-0.15, -0.1) is 8.78 Å². The lowest BCUT2D eigenvalue weighted by Crippen LogP contribution is -2.25. The Morgan fingerprint density at radius 3 is 2.59 bits per heavy atom. The molecule has 3 aromatic heterocycles. The van der Waals surface area contributed by atoms with Crippen molar-refractivity contribution in [1.29, 1.82) is 0 Å². The third-order valence-corrected chi connectivity index (χ3v) is 6.52. The number of pyridine rings is 1. The highest BCUT2D eigenvalue weighted by Gasteiger charge is 2.44. The number of alkyl halides is 2. The van der Waals surface area contributed by atoms with Crippen molar-refractivity contribution in [2.24, 2.45) is 7.05 Å². The van der Waals surface area contributed by atoms with E-state index in [4.69, 9.17) is 0 Å². The Morgan fingerprint density at radius 1 is 1.14 bits per heavy atom. The summed E-state index contributed by atoms with van der Waals surface area (Å²) in [4.78, 5) is 8.93. The average Bonchev–Trinajstić information content (AvgIpc) is 3.29. The molecule has 0 N–H and O–H groups in total. The second-order valence-corrected chi connectivity index (χ2v) is 8.74. The van der Waals surface area contributed by atoms with Crippen LogP contribution in [-0.4, -0.2) is 39.4 Å². The summed E-state index contributed by atoms with van der Waals surface area (Å²) in [6, 6.07) is 7.87. The molecule has 11 heteroatoms. The zero-order valence-electron chi connectivity index (χ0n) is 15.3. The Hall–Kier alpha value is -3.21. The minimum absolute atomic E-state index is 0.0283. The first-order valence-electron chi connectivity index (χ1n) is 8.67. The van der Waals surface area contributed by atoms with Gasteiger partial charge in [-0.1, -0.05) is 13.0 Å². The maximum atomic E-state index is 13.3. The number of nitrogens with zero attached hydrogens (tertiary/aromatic N) is 4. The lowest BCUT2D eigenvalue weighted by Gasteiger charge is -2.05. The van der Waals surface area contributed by atoms with Crippen LogP contribution in [0.15, 0.2) is 41.6 Å². The van der Waals surface area contributed by atoms with Gasteiger partial charge < -0.3 is 14.0 Å². The van der Waals surface area contributed by atoms with E-state index in [1.807, 2.05) is 0 Å². The highest BCUT2D eigenvalue weighted by atomic mass is 32.2. The SMILES string of the molecule is CCS(=O)(=O)c1c(-c2nc3cc4c(cc3n2C)OC(F)(F)O4)nc2ccccn12. The Kier molecular flexibility index (Phi) is 3.49. The van der Waals surface area contributed by atoms with E-state index >= 15 is 0 Å². The molecular weight excluding hydrogens is 406 g/mol. The summed E-state index contributed by atoms with van der Waals surface area (Å²) in [5.41, 5.74) is 1.45. The normalized spacial score (nSPS) is 15.4. The van der Waals surface area contributed by atoms with Crippen LogP contribution in [-0.2, 0) is 16.9 Å². The molecule has 4 heterocycles. The van der Waals surface area contributed by atoms with Gasteiger partial charge in [0.05, 0.1) is 16.8 Å². The van der Waals surface area contributed by atoms with E-state index in [9.17, 15) is 17.2 Å². The molecule has 0 fully saturated rings. The minimum Gasteiger partial charge on any atom is -0.395 e. The summed E-state index contributed by atoms with van der Waals surface area (Å²) in [5.74, 6) is -0.0827. The van der Waals surface area contributed by atoms with Crippen molar-refractivity contribution in [3.05, 3.63) is 36.5 Å². The highest BCUT2D eigenvalue weighted by molar-refractivity contribution is 7.91. The monoisotopic (exact) mass is 420 g/mol. The molecule has 1 aliphatic heterocycles. The molecule has 0 aliphatic carbocycles. The minimum atomic E-state index is -3.73. The summed E-state index contributed by atoms with van der Waals surface area (Å²) < 4.78 is 64.4. The van der Waals surface area contributed by atoms with Gasteiger partial charge in [0, 0.05) is 25.4 Å². The Labute approximate surface area is 163 Å². The Balaban J connectivity index is 1.79. The van der Waals surface area contributed by atoms with Crippen molar-refractivity contribution in [2.45, 2.75) is 18.2 Å². The van der Waals surface area contributed by atoms with Gasteiger partial charge in [-0.2, -0.15) is 0 Å². The number of aromatic nitrogens is 4. The van der Waals surface area contributed by atoms with Crippen LogP contribution in [0.1, 0.15) is 6.92 Å². The zero-order valence-corrected chi connectivity index (χ0v) is 16.1. The van der Waals surface area contributed by atoms with E-state index in [1.54, 1.807) is 42.9 Å².